The van der Waals surface area contributed by atoms with Gasteiger partial charge in [-0.05, 0) is 30.0 Å². The topological polar surface area (TPSA) is 101 Å². The molecule has 2 heterocycles. The number of carbonyl (C=O) groups excluding carboxylic acids is 1. The number of benzene rings is 1. The van der Waals surface area contributed by atoms with Crippen molar-refractivity contribution in [3.8, 4) is 0 Å². The number of sulfone groups is 1. The fourth-order valence-corrected chi connectivity index (χ4v) is 4.62. The molecule has 1 atom stereocenters. The summed E-state index contributed by atoms with van der Waals surface area (Å²) in [5.41, 5.74) is 2.02. The number of aromatic nitrogens is 2. The lowest BCUT2D eigenvalue weighted by Gasteiger charge is -2.14. The number of para-hydroxylation sites is 1. The fraction of sp³-hybridized carbons (Fsp3) is 0.389. The molecular weight excluding hydrogens is 352 g/mol. The maximum atomic E-state index is 12.6. The second kappa shape index (κ2) is 7.41. The highest BCUT2D eigenvalue weighted by molar-refractivity contribution is 7.91. The van der Waals surface area contributed by atoms with Crippen LogP contribution in [0, 0.1) is 0 Å². The molecule has 1 saturated heterocycles. The molecule has 138 valence electrons. The summed E-state index contributed by atoms with van der Waals surface area (Å²) in [6.45, 7) is 4.13. The van der Waals surface area contributed by atoms with E-state index in [9.17, 15) is 13.2 Å². The van der Waals surface area contributed by atoms with Crippen LogP contribution in [0.3, 0.4) is 0 Å². The SMILES string of the molecule is CC(C)c1ccccc1NC(=O)c1ccnc(NC2CCS(=O)(=O)C2)n1. The summed E-state index contributed by atoms with van der Waals surface area (Å²) in [6, 6.07) is 8.96. The van der Waals surface area contributed by atoms with Crippen LogP contribution in [0.15, 0.2) is 36.5 Å². The van der Waals surface area contributed by atoms with Crippen LogP contribution >= 0.6 is 0 Å². The van der Waals surface area contributed by atoms with Gasteiger partial charge < -0.3 is 10.6 Å². The van der Waals surface area contributed by atoms with Gasteiger partial charge in [0.15, 0.2) is 9.84 Å². The van der Waals surface area contributed by atoms with Crippen molar-refractivity contribution in [1.82, 2.24) is 9.97 Å². The van der Waals surface area contributed by atoms with Crippen molar-refractivity contribution in [2.45, 2.75) is 32.2 Å². The average molecular weight is 374 g/mol. The lowest BCUT2D eigenvalue weighted by Crippen LogP contribution is -2.23. The van der Waals surface area contributed by atoms with E-state index in [1.165, 1.54) is 12.3 Å². The Labute approximate surface area is 153 Å². The third-order valence-electron chi connectivity index (χ3n) is 4.28. The van der Waals surface area contributed by atoms with Crippen molar-refractivity contribution in [2.24, 2.45) is 0 Å². The molecule has 2 N–H and O–H groups in total. The minimum Gasteiger partial charge on any atom is -0.350 e. The van der Waals surface area contributed by atoms with Gasteiger partial charge in [0.1, 0.15) is 5.69 Å². The molecule has 0 saturated carbocycles. The Kier molecular flexibility index (Phi) is 5.22. The van der Waals surface area contributed by atoms with E-state index in [4.69, 9.17) is 0 Å². The maximum Gasteiger partial charge on any atom is 0.274 e. The molecule has 7 nitrogen and oxygen atoms in total. The van der Waals surface area contributed by atoms with E-state index in [0.717, 1.165) is 11.3 Å². The Hall–Kier alpha value is -2.48. The highest BCUT2D eigenvalue weighted by atomic mass is 32.2. The van der Waals surface area contributed by atoms with Gasteiger partial charge in [0, 0.05) is 17.9 Å². The average Bonchev–Trinajstić information content (AvgIpc) is 2.94. The molecule has 0 bridgehead atoms. The van der Waals surface area contributed by atoms with Gasteiger partial charge in [-0.15, -0.1) is 0 Å². The van der Waals surface area contributed by atoms with Crippen molar-refractivity contribution < 1.29 is 13.2 Å². The highest BCUT2D eigenvalue weighted by Gasteiger charge is 2.28. The molecule has 0 radical (unpaired) electrons. The smallest absolute Gasteiger partial charge is 0.274 e. The lowest BCUT2D eigenvalue weighted by atomic mass is 10.0. The summed E-state index contributed by atoms with van der Waals surface area (Å²) < 4.78 is 23.1. The van der Waals surface area contributed by atoms with Crippen LogP contribution in [0.25, 0.3) is 0 Å². The molecule has 3 rings (SSSR count). The third-order valence-corrected chi connectivity index (χ3v) is 6.05. The zero-order valence-electron chi connectivity index (χ0n) is 14.8. The molecule has 0 aliphatic carbocycles. The van der Waals surface area contributed by atoms with E-state index in [1.807, 2.05) is 24.3 Å². The molecule has 1 aliphatic rings. The standard InChI is InChI=1S/C18H22N4O3S/c1-12(2)14-5-3-4-6-15(14)21-17(23)16-7-9-19-18(22-16)20-13-8-10-26(24,25)11-13/h3-7,9,12-13H,8,10-11H2,1-2H3,(H,21,23)(H,19,20,22). The summed E-state index contributed by atoms with van der Waals surface area (Å²) >= 11 is 0. The molecule has 1 amide bonds. The molecule has 1 aromatic carbocycles. The van der Waals surface area contributed by atoms with E-state index in [-0.39, 0.29) is 41.0 Å². The Morgan fingerprint density at radius 3 is 2.69 bits per heavy atom. The van der Waals surface area contributed by atoms with Crippen molar-refractivity contribution in [2.75, 3.05) is 22.1 Å². The van der Waals surface area contributed by atoms with Gasteiger partial charge in [0.25, 0.3) is 5.91 Å². The van der Waals surface area contributed by atoms with Crippen LogP contribution in [0.1, 0.15) is 42.2 Å². The maximum absolute atomic E-state index is 12.6. The van der Waals surface area contributed by atoms with Crippen LogP contribution in [-0.4, -0.2) is 41.8 Å². The molecule has 8 heteroatoms. The summed E-state index contributed by atoms with van der Waals surface area (Å²) in [4.78, 5) is 20.9. The largest absolute Gasteiger partial charge is 0.350 e. The first-order valence-corrected chi connectivity index (χ1v) is 10.4. The van der Waals surface area contributed by atoms with E-state index < -0.39 is 9.84 Å². The first-order chi connectivity index (χ1) is 12.3. The van der Waals surface area contributed by atoms with Crippen LogP contribution < -0.4 is 10.6 Å². The Bertz CT molecular complexity index is 912. The van der Waals surface area contributed by atoms with Crippen molar-refractivity contribution >= 4 is 27.4 Å². The fourth-order valence-electron chi connectivity index (χ4n) is 2.95. The van der Waals surface area contributed by atoms with Crippen molar-refractivity contribution in [3.05, 3.63) is 47.8 Å². The Morgan fingerprint density at radius 2 is 2.00 bits per heavy atom. The molecule has 1 fully saturated rings. The molecular formula is C18H22N4O3S. The van der Waals surface area contributed by atoms with E-state index in [0.29, 0.717) is 6.42 Å². The zero-order valence-corrected chi connectivity index (χ0v) is 15.6. The molecule has 1 aromatic heterocycles. The molecule has 1 aliphatic heterocycles. The number of rotatable bonds is 5. The summed E-state index contributed by atoms with van der Waals surface area (Å²) in [5, 5.41) is 5.89. The van der Waals surface area contributed by atoms with Gasteiger partial charge in [-0.2, -0.15) is 0 Å². The van der Waals surface area contributed by atoms with Gasteiger partial charge >= 0.3 is 0 Å². The molecule has 0 spiro atoms. The third kappa shape index (κ3) is 4.37. The number of carbonyl (C=O) groups is 1. The van der Waals surface area contributed by atoms with Crippen LogP contribution in [0.2, 0.25) is 0 Å². The summed E-state index contributed by atoms with van der Waals surface area (Å²) in [6.07, 6.45) is 2.01. The number of anilines is 2. The van der Waals surface area contributed by atoms with Gasteiger partial charge in [-0.25, -0.2) is 18.4 Å². The predicted octanol–water partition coefficient (Wildman–Crippen LogP) is 2.45. The van der Waals surface area contributed by atoms with E-state index in [2.05, 4.69) is 34.4 Å². The second-order valence-corrected chi connectivity index (χ2v) is 8.93. The Morgan fingerprint density at radius 1 is 1.23 bits per heavy atom. The first kappa shape index (κ1) is 18.3. The van der Waals surface area contributed by atoms with Crippen LogP contribution in [0.5, 0.6) is 0 Å². The zero-order chi connectivity index (χ0) is 18.7. The lowest BCUT2D eigenvalue weighted by molar-refractivity contribution is 0.102. The Balaban J connectivity index is 1.73. The minimum absolute atomic E-state index is 0.0640. The minimum atomic E-state index is -2.99. The molecule has 1 unspecified atom stereocenters. The predicted molar refractivity (Wildman–Crippen MR) is 101 cm³/mol. The quantitative estimate of drug-likeness (QED) is 0.834. The van der Waals surface area contributed by atoms with Crippen LogP contribution in [-0.2, 0) is 9.84 Å². The molecule has 26 heavy (non-hydrogen) atoms. The first-order valence-electron chi connectivity index (χ1n) is 8.54. The summed E-state index contributed by atoms with van der Waals surface area (Å²) in [7, 11) is -2.99. The number of amides is 1. The van der Waals surface area contributed by atoms with Crippen molar-refractivity contribution in [1.29, 1.82) is 0 Å². The summed E-state index contributed by atoms with van der Waals surface area (Å²) in [5.74, 6) is 0.434. The van der Waals surface area contributed by atoms with Gasteiger partial charge in [-0.1, -0.05) is 32.0 Å². The second-order valence-electron chi connectivity index (χ2n) is 6.71. The molecule has 2 aromatic rings. The van der Waals surface area contributed by atoms with E-state index in [1.54, 1.807) is 0 Å². The number of hydrogen-bond donors (Lipinski definition) is 2. The van der Waals surface area contributed by atoms with Crippen LogP contribution in [0.4, 0.5) is 11.6 Å². The number of nitrogens with zero attached hydrogens (tertiary/aromatic N) is 2. The van der Waals surface area contributed by atoms with Crippen molar-refractivity contribution in [3.63, 3.8) is 0 Å². The normalized spacial score (nSPS) is 18.7. The van der Waals surface area contributed by atoms with Gasteiger partial charge in [0.2, 0.25) is 5.95 Å². The number of nitrogens with one attached hydrogen (secondary N) is 2. The number of hydrogen-bond acceptors (Lipinski definition) is 6. The highest BCUT2D eigenvalue weighted by Crippen LogP contribution is 2.24. The monoisotopic (exact) mass is 374 g/mol. The van der Waals surface area contributed by atoms with Gasteiger partial charge in [-0.3, -0.25) is 4.79 Å². The van der Waals surface area contributed by atoms with Gasteiger partial charge in [0.05, 0.1) is 11.5 Å². The van der Waals surface area contributed by atoms with E-state index >= 15 is 0 Å².